The Morgan fingerprint density at radius 3 is 2.42 bits per heavy atom. The first-order valence-corrected chi connectivity index (χ1v) is 8.27. The lowest BCUT2D eigenvalue weighted by molar-refractivity contribution is -0.137. The minimum Gasteiger partial charge on any atom is -0.481 e. The van der Waals surface area contributed by atoms with Gasteiger partial charge in [0.25, 0.3) is 0 Å². The third-order valence-corrected chi connectivity index (χ3v) is 4.73. The van der Waals surface area contributed by atoms with Crippen molar-refractivity contribution >= 4 is 31.7 Å². The second kappa shape index (κ2) is 7.62. The number of carboxylic acids is 1. The second-order valence-electron chi connectivity index (χ2n) is 4.02. The lowest BCUT2D eigenvalue weighted by atomic mass is 10.3. The highest BCUT2D eigenvalue weighted by Crippen LogP contribution is 2.15. The highest BCUT2D eigenvalue weighted by atomic mass is 79.9. The van der Waals surface area contributed by atoms with Gasteiger partial charge in [0.1, 0.15) is 0 Å². The largest absolute Gasteiger partial charge is 0.481 e. The number of hydrogen-bond acceptors (Lipinski definition) is 4. The van der Waals surface area contributed by atoms with E-state index in [1.165, 1.54) is 0 Å². The predicted molar refractivity (Wildman–Crippen MR) is 75.9 cm³/mol. The summed E-state index contributed by atoms with van der Waals surface area (Å²) in [4.78, 5) is 10.6. The van der Waals surface area contributed by atoms with Gasteiger partial charge >= 0.3 is 5.97 Å². The smallest absolute Gasteiger partial charge is 0.303 e. The van der Waals surface area contributed by atoms with Crippen molar-refractivity contribution < 1.29 is 18.3 Å². The van der Waals surface area contributed by atoms with E-state index < -0.39 is 15.8 Å². The lowest BCUT2D eigenvalue weighted by Crippen LogP contribution is -2.24. The fraction of sp³-hybridized carbons (Fsp3) is 0.417. The molecule has 106 valence electrons. The molecule has 5 nitrogen and oxygen atoms in total. The van der Waals surface area contributed by atoms with Crippen LogP contribution in [0.3, 0.4) is 0 Å². The van der Waals surface area contributed by atoms with E-state index in [0.29, 0.717) is 24.4 Å². The van der Waals surface area contributed by atoms with E-state index in [2.05, 4.69) is 21.2 Å². The van der Waals surface area contributed by atoms with Crippen LogP contribution < -0.4 is 5.32 Å². The Balaban J connectivity index is 2.35. The highest BCUT2D eigenvalue weighted by Gasteiger charge is 2.13. The number of hydrogen-bond donors (Lipinski definition) is 2. The molecule has 0 fully saturated rings. The summed E-state index contributed by atoms with van der Waals surface area (Å²) in [6.45, 7) is 0.820. The van der Waals surface area contributed by atoms with Crippen LogP contribution in [0.4, 0.5) is 0 Å². The van der Waals surface area contributed by atoms with E-state index in [0.717, 1.165) is 4.47 Å². The first-order valence-electron chi connectivity index (χ1n) is 5.82. The standard InChI is InChI=1S/C12H16BrNO4S/c13-10-3-5-11(6-4-10)19(17,18)9-8-14-7-1-2-12(15)16/h3-6,14H,1-2,7-9H2,(H,15,16). The fourth-order valence-corrected chi connectivity index (χ4v) is 2.92. The van der Waals surface area contributed by atoms with Crippen molar-refractivity contribution in [3.63, 3.8) is 0 Å². The van der Waals surface area contributed by atoms with E-state index in [-0.39, 0.29) is 12.2 Å². The van der Waals surface area contributed by atoms with Gasteiger partial charge in [0.2, 0.25) is 0 Å². The predicted octanol–water partition coefficient (Wildman–Crippen LogP) is 1.68. The molecule has 1 aromatic carbocycles. The van der Waals surface area contributed by atoms with Gasteiger partial charge in [0.05, 0.1) is 10.6 Å². The van der Waals surface area contributed by atoms with Crippen molar-refractivity contribution in [2.45, 2.75) is 17.7 Å². The zero-order valence-corrected chi connectivity index (χ0v) is 12.7. The van der Waals surface area contributed by atoms with Crippen LogP contribution in [0.15, 0.2) is 33.6 Å². The molecule has 0 saturated carbocycles. The Morgan fingerprint density at radius 2 is 1.84 bits per heavy atom. The molecule has 0 bridgehead atoms. The SMILES string of the molecule is O=C(O)CCCNCCS(=O)(=O)c1ccc(Br)cc1. The molecule has 2 N–H and O–H groups in total. The van der Waals surface area contributed by atoms with Crippen molar-refractivity contribution in [3.05, 3.63) is 28.7 Å². The average molecular weight is 350 g/mol. The van der Waals surface area contributed by atoms with Crippen LogP contribution in [0.1, 0.15) is 12.8 Å². The maximum absolute atomic E-state index is 11.9. The van der Waals surface area contributed by atoms with E-state index in [1.807, 2.05) is 0 Å². The molecule has 0 amide bonds. The molecule has 0 saturated heterocycles. The van der Waals surface area contributed by atoms with Gasteiger partial charge in [-0.15, -0.1) is 0 Å². The number of benzene rings is 1. The van der Waals surface area contributed by atoms with Gasteiger partial charge < -0.3 is 10.4 Å². The van der Waals surface area contributed by atoms with Gasteiger partial charge in [0.15, 0.2) is 9.84 Å². The number of aliphatic carboxylic acids is 1. The summed E-state index contributed by atoms with van der Waals surface area (Å²) in [6.07, 6.45) is 0.583. The molecule has 0 aliphatic carbocycles. The Bertz CT molecular complexity index is 513. The van der Waals surface area contributed by atoms with E-state index in [1.54, 1.807) is 24.3 Å². The van der Waals surface area contributed by atoms with Crippen LogP contribution in [0, 0.1) is 0 Å². The van der Waals surface area contributed by atoms with Gasteiger partial charge in [-0.05, 0) is 37.2 Å². The molecule has 0 spiro atoms. The van der Waals surface area contributed by atoms with Crippen molar-refractivity contribution in [1.29, 1.82) is 0 Å². The summed E-state index contributed by atoms with van der Waals surface area (Å²) >= 11 is 3.25. The van der Waals surface area contributed by atoms with Crippen LogP contribution in [-0.2, 0) is 14.6 Å². The number of sulfone groups is 1. The summed E-state index contributed by atoms with van der Waals surface area (Å²) in [6, 6.07) is 6.49. The Morgan fingerprint density at radius 1 is 1.21 bits per heavy atom. The summed E-state index contributed by atoms with van der Waals surface area (Å²) in [5.41, 5.74) is 0. The monoisotopic (exact) mass is 349 g/mol. The van der Waals surface area contributed by atoms with Crippen LogP contribution >= 0.6 is 15.9 Å². The van der Waals surface area contributed by atoms with Gasteiger partial charge in [-0.25, -0.2) is 8.42 Å². The normalized spacial score (nSPS) is 11.4. The summed E-state index contributed by atoms with van der Waals surface area (Å²) in [5.74, 6) is -0.842. The third kappa shape index (κ3) is 6.17. The van der Waals surface area contributed by atoms with Crippen LogP contribution in [0.2, 0.25) is 0 Å². The molecule has 1 rings (SSSR count). The summed E-state index contributed by atoms with van der Waals surface area (Å²) in [7, 11) is -3.28. The molecular formula is C12H16BrNO4S. The Kier molecular flexibility index (Phi) is 6.47. The molecular weight excluding hydrogens is 334 g/mol. The molecule has 0 radical (unpaired) electrons. The number of rotatable bonds is 8. The molecule has 0 unspecified atom stereocenters. The molecule has 19 heavy (non-hydrogen) atoms. The maximum atomic E-state index is 11.9. The Hall–Kier alpha value is -0.920. The molecule has 0 heterocycles. The van der Waals surface area contributed by atoms with E-state index in [9.17, 15) is 13.2 Å². The van der Waals surface area contributed by atoms with Crippen molar-refractivity contribution in [1.82, 2.24) is 5.32 Å². The molecule has 0 aliphatic rings. The van der Waals surface area contributed by atoms with Gasteiger partial charge in [-0.1, -0.05) is 15.9 Å². The molecule has 0 aliphatic heterocycles. The zero-order chi connectivity index (χ0) is 14.3. The minimum absolute atomic E-state index is 0.00169. The molecule has 1 aromatic rings. The van der Waals surface area contributed by atoms with Crippen molar-refractivity contribution in [3.8, 4) is 0 Å². The molecule has 7 heteroatoms. The van der Waals surface area contributed by atoms with Gasteiger partial charge in [-0.2, -0.15) is 0 Å². The van der Waals surface area contributed by atoms with Gasteiger partial charge in [0, 0.05) is 17.4 Å². The number of carboxylic acid groups (broad SMARTS) is 1. The van der Waals surface area contributed by atoms with Crippen molar-refractivity contribution in [2.24, 2.45) is 0 Å². The minimum atomic E-state index is -3.28. The first kappa shape index (κ1) is 16.1. The molecule has 0 atom stereocenters. The average Bonchev–Trinajstić information content (AvgIpc) is 2.34. The molecule has 0 aromatic heterocycles. The lowest BCUT2D eigenvalue weighted by Gasteiger charge is -2.06. The first-order chi connectivity index (χ1) is 8.92. The second-order valence-corrected chi connectivity index (χ2v) is 7.04. The number of carbonyl (C=O) groups is 1. The van der Waals surface area contributed by atoms with Gasteiger partial charge in [-0.3, -0.25) is 4.79 Å². The van der Waals surface area contributed by atoms with Crippen LogP contribution in [0.25, 0.3) is 0 Å². The number of nitrogens with one attached hydrogen (secondary N) is 1. The topological polar surface area (TPSA) is 83.5 Å². The van der Waals surface area contributed by atoms with Crippen LogP contribution in [-0.4, -0.2) is 38.3 Å². The Labute approximate surface area is 121 Å². The third-order valence-electron chi connectivity index (χ3n) is 2.46. The van der Waals surface area contributed by atoms with Crippen LogP contribution in [0.5, 0.6) is 0 Å². The van der Waals surface area contributed by atoms with Crippen molar-refractivity contribution in [2.75, 3.05) is 18.8 Å². The quantitative estimate of drug-likeness (QED) is 0.697. The zero-order valence-electron chi connectivity index (χ0n) is 10.3. The van der Waals surface area contributed by atoms with E-state index >= 15 is 0 Å². The number of halogens is 1. The maximum Gasteiger partial charge on any atom is 0.303 e. The summed E-state index contributed by atoms with van der Waals surface area (Å²) in [5, 5.41) is 11.4. The van der Waals surface area contributed by atoms with E-state index in [4.69, 9.17) is 5.11 Å². The fourth-order valence-electron chi connectivity index (χ4n) is 1.46. The highest BCUT2D eigenvalue weighted by molar-refractivity contribution is 9.10. The summed E-state index contributed by atoms with van der Waals surface area (Å²) < 4.78 is 24.7.